The average molecular weight is 500 g/mol. The van der Waals surface area contributed by atoms with Crippen molar-refractivity contribution in [2.75, 3.05) is 32.6 Å². The fraction of sp³-hybridized carbons (Fsp3) is 0.167. The van der Waals surface area contributed by atoms with Gasteiger partial charge in [0.2, 0.25) is 15.9 Å². The van der Waals surface area contributed by atoms with E-state index in [9.17, 15) is 13.2 Å². The third kappa shape index (κ3) is 5.71. The Morgan fingerprint density at radius 1 is 1.09 bits per heavy atom. The Labute approximate surface area is 202 Å². The molecule has 3 aromatic rings. The lowest BCUT2D eigenvalue weighted by atomic mass is 10.2. The molecule has 0 aliphatic carbocycles. The minimum absolute atomic E-state index is 0.138. The van der Waals surface area contributed by atoms with E-state index in [0.29, 0.717) is 26.8 Å². The van der Waals surface area contributed by atoms with Crippen molar-refractivity contribution >= 4 is 48.7 Å². The number of carbonyl (C=O) groups is 1. The summed E-state index contributed by atoms with van der Waals surface area (Å²) in [6, 6.07) is 9.97. The second-order valence-electron chi connectivity index (χ2n) is 6.98. The number of thiazole rings is 1. The summed E-state index contributed by atoms with van der Waals surface area (Å²) >= 11 is 1.19. The van der Waals surface area contributed by atoms with Crippen LogP contribution in [-0.2, 0) is 14.8 Å². The molecular weight excluding hydrogens is 474 g/mol. The van der Waals surface area contributed by atoms with Crippen molar-refractivity contribution in [2.45, 2.75) is 4.90 Å². The molecule has 3 rings (SSSR count). The number of hydrogen-bond donors (Lipinski definition) is 1. The first-order valence-electron chi connectivity index (χ1n) is 10.2. The van der Waals surface area contributed by atoms with Crippen molar-refractivity contribution in [3.05, 3.63) is 73.3 Å². The van der Waals surface area contributed by atoms with Gasteiger partial charge < -0.3 is 9.47 Å². The van der Waals surface area contributed by atoms with Crippen molar-refractivity contribution < 1.29 is 22.7 Å². The Bertz CT molecular complexity index is 1340. The quantitative estimate of drug-likeness (QED) is 0.312. The first-order valence-corrected chi connectivity index (χ1v) is 12.4. The number of ether oxygens (including phenoxy) is 2. The van der Waals surface area contributed by atoms with Crippen LogP contribution >= 0.6 is 11.3 Å². The van der Waals surface area contributed by atoms with Gasteiger partial charge in [0.15, 0.2) is 16.6 Å². The standard InChI is InChI=1S/C24H25N3O5S2/c1-5-13-27(14-6-2)34(29,30)18-9-10-19-22(16-18)33-24(25-19)26-23(28)12-8-17-7-11-20(31-3)21(15-17)32-4/h5-12,15-16H,1-2,13-14H2,3-4H3,(H,25,26,28). The highest BCUT2D eigenvalue weighted by Crippen LogP contribution is 2.30. The molecule has 1 N–H and O–H groups in total. The number of sulfonamides is 1. The van der Waals surface area contributed by atoms with E-state index in [4.69, 9.17) is 9.47 Å². The van der Waals surface area contributed by atoms with E-state index in [1.807, 2.05) is 0 Å². The monoisotopic (exact) mass is 499 g/mol. The second-order valence-corrected chi connectivity index (χ2v) is 9.95. The number of nitrogens with one attached hydrogen (secondary N) is 1. The SMILES string of the molecule is C=CCN(CC=C)S(=O)(=O)c1ccc2nc(NC(=O)C=Cc3ccc(OC)c(OC)c3)sc2c1. The van der Waals surface area contributed by atoms with Crippen LogP contribution in [0.25, 0.3) is 16.3 Å². The maximum Gasteiger partial charge on any atom is 0.250 e. The van der Waals surface area contributed by atoms with Gasteiger partial charge >= 0.3 is 0 Å². The molecule has 0 saturated heterocycles. The van der Waals surface area contributed by atoms with Crippen LogP contribution in [0.2, 0.25) is 0 Å². The van der Waals surface area contributed by atoms with Gasteiger partial charge in [0.25, 0.3) is 0 Å². The van der Waals surface area contributed by atoms with Gasteiger partial charge in [-0.2, -0.15) is 4.31 Å². The second kappa shape index (κ2) is 11.1. The summed E-state index contributed by atoms with van der Waals surface area (Å²) in [4.78, 5) is 16.9. The molecule has 1 amide bonds. The van der Waals surface area contributed by atoms with Gasteiger partial charge in [0.05, 0.1) is 29.3 Å². The molecule has 10 heteroatoms. The molecule has 178 valence electrons. The number of carbonyl (C=O) groups excluding carboxylic acids is 1. The largest absolute Gasteiger partial charge is 0.493 e. The number of anilines is 1. The molecule has 0 aliphatic rings. The fourth-order valence-electron chi connectivity index (χ4n) is 3.10. The summed E-state index contributed by atoms with van der Waals surface area (Å²) in [6.45, 7) is 7.57. The van der Waals surface area contributed by atoms with Crippen LogP contribution in [0, 0.1) is 0 Å². The summed E-state index contributed by atoms with van der Waals surface area (Å²) < 4.78 is 38.3. The van der Waals surface area contributed by atoms with E-state index in [1.165, 1.54) is 47.0 Å². The highest BCUT2D eigenvalue weighted by molar-refractivity contribution is 7.89. The van der Waals surface area contributed by atoms with Crippen LogP contribution in [0.1, 0.15) is 5.56 Å². The van der Waals surface area contributed by atoms with E-state index < -0.39 is 10.0 Å². The molecule has 2 aromatic carbocycles. The molecule has 0 bridgehead atoms. The van der Waals surface area contributed by atoms with Crippen molar-refractivity contribution in [3.8, 4) is 11.5 Å². The van der Waals surface area contributed by atoms with E-state index in [2.05, 4.69) is 23.5 Å². The fourth-order valence-corrected chi connectivity index (χ4v) is 5.49. The topological polar surface area (TPSA) is 97.8 Å². The number of hydrogen-bond acceptors (Lipinski definition) is 7. The molecule has 0 spiro atoms. The molecule has 0 atom stereocenters. The molecular formula is C24H25N3O5S2. The normalized spacial score (nSPS) is 11.6. The van der Waals surface area contributed by atoms with E-state index in [1.54, 1.807) is 43.5 Å². The molecule has 8 nitrogen and oxygen atoms in total. The maximum atomic E-state index is 13.0. The molecule has 0 saturated carbocycles. The average Bonchev–Trinajstić information content (AvgIpc) is 3.23. The predicted octanol–water partition coefficient (Wildman–Crippen LogP) is 4.33. The Balaban J connectivity index is 1.77. The number of methoxy groups -OCH3 is 2. The molecule has 0 aliphatic heterocycles. The molecule has 0 radical (unpaired) electrons. The summed E-state index contributed by atoms with van der Waals surface area (Å²) in [6.07, 6.45) is 6.07. The van der Waals surface area contributed by atoms with Crippen LogP contribution in [0.5, 0.6) is 11.5 Å². The van der Waals surface area contributed by atoms with Gasteiger partial charge in [-0.25, -0.2) is 13.4 Å². The van der Waals surface area contributed by atoms with Crippen LogP contribution in [-0.4, -0.2) is 50.9 Å². The summed E-state index contributed by atoms with van der Waals surface area (Å²) in [5, 5.41) is 3.08. The minimum atomic E-state index is -3.73. The van der Waals surface area contributed by atoms with Gasteiger partial charge in [-0.3, -0.25) is 10.1 Å². The van der Waals surface area contributed by atoms with Gasteiger partial charge in [0.1, 0.15) is 0 Å². The number of rotatable bonds is 11. The Hall–Kier alpha value is -3.47. The van der Waals surface area contributed by atoms with E-state index in [-0.39, 0.29) is 23.9 Å². The van der Waals surface area contributed by atoms with Crippen molar-refractivity contribution in [1.82, 2.24) is 9.29 Å². The minimum Gasteiger partial charge on any atom is -0.493 e. The predicted molar refractivity (Wildman–Crippen MR) is 136 cm³/mol. The lowest BCUT2D eigenvalue weighted by Crippen LogP contribution is -2.31. The number of nitrogens with zero attached hydrogens (tertiary/aromatic N) is 2. The number of amides is 1. The molecule has 0 unspecified atom stereocenters. The first kappa shape index (κ1) is 25.2. The molecule has 1 heterocycles. The zero-order valence-corrected chi connectivity index (χ0v) is 20.5. The number of benzene rings is 2. The number of fused-ring (bicyclic) bond motifs is 1. The third-order valence-corrected chi connectivity index (χ3v) is 7.49. The summed E-state index contributed by atoms with van der Waals surface area (Å²) in [5.74, 6) is 0.781. The molecule has 0 fully saturated rings. The van der Waals surface area contributed by atoms with Crippen molar-refractivity contribution in [1.29, 1.82) is 0 Å². The summed E-state index contributed by atoms with van der Waals surface area (Å²) in [5.41, 5.74) is 1.35. The highest BCUT2D eigenvalue weighted by atomic mass is 32.2. The first-order chi connectivity index (χ1) is 16.3. The Morgan fingerprint density at radius 2 is 1.79 bits per heavy atom. The Morgan fingerprint density at radius 3 is 2.44 bits per heavy atom. The maximum absolute atomic E-state index is 13.0. The molecule has 1 aromatic heterocycles. The highest BCUT2D eigenvalue weighted by Gasteiger charge is 2.23. The van der Waals surface area contributed by atoms with Crippen LogP contribution < -0.4 is 14.8 Å². The zero-order chi connectivity index (χ0) is 24.7. The van der Waals surface area contributed by atoms with E-state index in [0.717, 1.165) is 5.56 Å². The third-order valence-electron chi connectivity index (χ3n) is 4.73. The van der Waals surface area contributed by atoms with Crippen LogP contribution in [0.4, 0.5) is 5.13 Å². The Kier molecular flexibility index (Phi) is 8.21. The van der Waals surface area contributed by atoms with Crippen LogP contribution in [0.3, 0.4) is 0 Å². The van der Waals surface area contributed by atoms with Gasteiger partial charge in [-0.1, -0.05) is 29.6 Å². The van der Waals surface area contributed by atoms with E-state index >= 15 is 0 Å². The summed E-state index contributed by atoms with van der Waals surface area (Å²) in [7, 11) is -0.637. The van der Waals surface area contributed by atoms with Crippen molar-refractivity contribution in [3.63, 3.8) is 0 Å². The van der Waals surface area contributed by atoms with Gasteiger partial charge in [-0.15, -0.1) is 13.2 Å². The zero-order valence-electron chi connectivity index (χ0n) is 18.9. The number of aromatic nitrogens is 1. The smallest absolute Gasteiger partial charge is 0.250 e. The molecule has 34 heavy (non-hydrogen) atoms. The van der Waals surface area contributed by atoms with Crippen LogP contribution in [0.15, 0.2) is 72.7 Å². The lowest BCUT2D eigenvalue weighted by Gasteiger charge is -2.18. The van der Waals surface area contributed by atoms with Crippen molar-refractivity contribution in [2.24, 2.45) is 0 Å². The van der Waals surface area contributed by atoms with Gasteiger partial charge in [-0.05, 0) is 42.0 Å². The van der Waals surface area contributed by atoms with Gasteiger partial charge in [0, 0.05) is 19.2 Å². The lowest BCUT2D eigenvalue weighted by molar-refractivity contribution is -0.111.